The van der Waals surface area contributed by atoms with Crippen molar-refractivity contribution in [1.29, 1.82) is 0 Å². The maximum Gasteiger partial charge on any atom is 0.225 e. The van der Waals surface area contributed by atoms with E-state index in [-0.39, 0.29) is 0 Å². The summed E-state index contributed by atoms with van der Waals surface area (Å²) in [5.41, 5.74) is 5.41. The summed E-state index contributed by atoms with van der Waals surface area (Å²) in [7, 11) is 0. The fourth-order valence-corrected chi connectivity index (χ4v) is 4.45. The van der Waals surface area contributed by atoms with Crippen LogP contribution < -0.4 is 3.96 Å². The van der Waals surface area contributed by atoms with Crippen molar-refractivity contribution in [3.63, 3.8) is 0 Å². The molecule has 0 saturated carbocycles. The standard InChI is InChI=1S/C22H14N3OS/c1-2-4-19-14(3-1)11-20(24-19)15-5-8-22-17(9-15)13-25(27-22)18-6-7-21-16(10-18)12-23-26-21/h1-13,24H/q+1. The minimum atomic E-state index is 0.807. The highest BCUT2D eigenvalue weighted by Gasteiger charge is 2.15. The number of H-pyrrole nitrogens is 1. The first-order valence-electron chi connectivity index (χ1n) is 8.72. The highest BCUT2D eigenvalue weighted by Crippen LogP contribution is 2.28. The van der Waals surface area contributed by atoms with Gasteiger partial charge < -0.3 is 9.51 Å². The number of fused-ring (bicyclic) bond motifs is 3. The predicted octanol–water partition coefficient (Wildman–Crippen LogP) is 5.47. The number of hydrogen-bond acceptors (Lipinski definition) is 3. The maximum absolute atomic E-state index is 5.20. The third kappa shape index (κ3) is 2.36. The Labute approximate surface area is 158 Å². The largest absolute Gasteiger partial charge is 0.356 e. The van der Waals surface area contributed by atoms with Crippen LogP contribution in [0.5, 0.6) is 0 Å². The molecule has 0 amide bonds. The summed E-state index contributed by atoms with van der Waals surface area (Å²) in [6, 6.07) is 23.3. The molecule has 1 N–H and O–H groups in total. The molecule has 27 heavy (non-hydrogen) atoms. The van der Waals surface area contributed by atoms with Gasteiger partial charge in [0.25, 0.3) is 0 Å². The summed E-state index contributed by atoms with van der Waals surface area (Å²) in [5, 5.41) is 7.32. The summed E-state index contributed by atoms with van der Waals surface area (Å²) >= 11 is 1.73. The second-order valence-corrected chi connectivity index (χ2v) is 7.63. The van der Waals surface area contributed by atoms with E-state index in [0.29, 0.717) is 0 Å². The van der Waals surface area contributed by atoms with Gasteiger partial charge in [0.1, 0.15) is 16.2 Å². The molecule has 0 bridgehead atoms. The van der Waals surface area contributed by atoms with E-state index in [1.165, 1.54) is 21.0 Å². The topological polar surface area (TPSA) is 45.7 Å². The lowest BCUT2D eigenvalue weighted by Gasteiger charge is -1.96. The molecule has 3 aromatic heterocycles. The number of aromatic nitrogens is 3. The molecular formula is C22H14N3OS+. The van der Waals surface area contributed by atoms with E-state index >= 15 is 0 Å². The molecular weight excluding hydrogens is 354 g/mol. The van der Waals surface area contributed by atoms with Crippen molar-refractivity contribution in [1.82, 2.24) is 10.1 Å². The molecule has 0 saturated heterocycles. The first kappa shape index (κ1) is 14.7. The van der Waals surface area contributed by atoms with Gasteiger partial charge in [-0.3, -0.25) is 0 Å². The van der Waals surface area contributed by atoms with Gasteiger partial charge in [0.2, 0.25) is 5.69 Å². The number of para-hydroxylation sites is 1. The Kier molecular flexibility index (Phi) is 3.01. The number of benzene rings is 3. The van der Waals surface area contributed by atoms with Gasteiger partial charge in [-0.15, -0.1) is 3.96 Å². The lowest BCUT2D eigenvalue weighted by molar-refractivity contribution is -0.518. The van der Waals surface area contributed by atoms with Crippen LogP contribution in [0.3, 0.4) is 0 Å². The van der Waals surface area contributed by atoms with Crippen molar-refractivity contribution in [3.8, 4) is 16.9 Å². The Morgan fingerprint density at radius 1 is 0.889 bits per heavy atom. The van der Waals surface area contributed by atoms with Gasteiger partial charge in [-0.1, -0.05) is 29.4 Å². The number of nitrogens with one attached hydrogen (secondary N) is 1. The Hall–Kier alpha value is -3.44. The number of nitrogens with zero attached hydrogens (tertiary/aromatic N) is 2. The average Bonchev–Trinajstić information content (AvgIpc) is 3.42. The zero-order chi connectivity index (χ0) is 17.8. The normalized spacial score (nSPS) is 11.7. The van der Waals surface area contributed by atoms with Crippen molar-refractivity contribution in [3.05, 3.63) is 79.1 Å². The molecule has 3 aromatic carbocycles. The van der Waals surface area contributed by atoms with Crippen LogP contribution in [0.15, 0.2) is 83.6 Å². The fourth-order valence-electron chi connectivity index (χ4n) is 3.51. The maximum atomic E-state index is 5.20. The van der Waals surface area contributed by atoms with E-state index in [1.54, 1.807) is 17.7 Å². The quantitative estimate of drug-likeness (QED) is 0.412. The summed E-state index contributed by atoms with van der Waals surface area (Å²) in [6.07, 6.45) is 3.93. The van der Waals surface area contributed by atoms with Crippen LogP contribution in [0.1, 0.15) is 0 Å². The van der Waals surface area contributed by atoms with Crippen molar-refractivity contribution in [2.75, 3.05) is 0 Å². The van der Waals surface area contributed by atoms with Gasteiger partial charge >= 0.3 is 0 Å². The molecule has 0 aliphatic rings. The lowest BCUT2D eigenvalue weighted by Crippen LogP contribution is -2.23. The van der Waals surface area contributed by atoms with Crippen LogP contribution in [0, 0.1) is 0 Å². The highest BCUT2D eigenvalue weighted by molar-refractivity contribution is 7.09. The molecule has 0 unspecified atom stereocenters. The molecule has 6 aromatic rings. The predicted molar refractivity (Wildman–Crippen MR) is 108 cm³/mol. The van der Waals surface area contributed by atoms with Gasteiger partial charge in [0.15, 0.2) is 11.8 Å². The molecule has 4 nitrogen and oxygen atoms in total. The molecule has 0 fully saturated rings. The van der Waals surface area contributed by atoms with Gasteiger partial charge in [-0.2, -0.15) is 0 Å². The van der Waals surface area contributed by atoms with Gasteiger partial charge in [-0.25, -0.2) is 0 Å². The SMILES string of the molecule is c1ccc2[nH]c(-c3ccc4s[n+](-c5ccc6oncc6c5)cc4c3)cc2c1. The number of aromatic amines is 1. The molecule has 6 rings (SSSR count). The van der Waals surface area contributed by atoms with E-state index < -0.39 is 0 Å². The molecule has 0 aliphatic heterocycles. The van der Waals surface area contributed by atoms with Crippen LogP contribution >= 0.6 is 11.5 Å². The number of rotatable bonds is 2. The molecule has 0 spiro atoms. The van der Waals surface area contributed by atoms with Crippen molar-refractivity contribution < 1.29 is 8.48 Å². The first-order valence-corrected chi connectivity index (χ1v) is 9.49. The molecule has 3 heterocycles. The lowest BCUT2D eigenvalue weighted by atomic mass is 10.1. The summed E-state index contributed by atoms with van der Waals surface area (Å²) in [4.78, 5) is 3.51. The molecule has 0 radical (unpaired) electrons. The van der Waals surface area contributed by atoms with Crippen LogP contribution in [0.2, 0.25) is 0 Å². The van der Waals surface area contributed by atoms with Crippen molar-refractivity contribution in [2.45, 2.75) is 0 Å². The summed E-state index contributed by atoms with van der Waals surface area (Å²) < 4.78 is 8.63. The van der Waals surface area contributed by atoms with Crippen LogP contribution in [-0.4, -0.2) is 10.1 Å². The highest BCUT2D eigenvalue weighted by atomic mass is 32.1. The molecule has 0 aliphatic carbocycles. The average molecular weight is 368 g/mol. The molecule has 128 valence electrons. The fraction of sp³-hybridized carbons (Fsp3) is 0. The smallest absolute Gasteiger partial charge is 0.225 e. The third-order valence-electron chi connectivity index (χ3n) is 4.89. The van der Waals surface area contributed by atoms with E-state index in [4.69, 9.17) is 4.52 Å². The van der Waals surface area contributed by atoms with Crippen LogP contribution in [0.25, 0.3) is 48.9 Å². The first-order chi connectivity index (χ1) is 13.3. The van der Waals surface area contributed by atoms with E-state index in [2.05, 4.69) is 81.0 Å². The van der Waals surface area contributed by atoms with Gasteiger partial charge in [-0.05, 0) is 35.9 Å². The van der Waals surface area contributed by atoms with Gasteiger partial charge in [0, 0.05) is 34.1 Å². The van der Waals surface area contributed by atoms with Crippen LogP contribution in [0.4, 0.5) is 0 Å². The zero-order valence-corrected chi connectivity index (χ0v) is 15.0. The summed E-state index contributed by atoms with van der Waals surface area (Å²) in [5.74, 6) is 0. The van der Waals surface area contributed by atoms with E-state index in [1.807, 2.05) is 6.07 Å². The third-order valence-corrected chi connectivity index (χ3v) is 5.98. The minimum absolute atomic E-state index is 0.807. The Morgan fingerprint density at radius 3 is 2.81 bits per heavy atom. The summed E-state index contributed by atoms with van der Waals surface area (Å²) in [6.45, 7) is 0. The zero-order valence-electron chi connectivity index (χ0n) is 14.2. The van der Waals surface area contributed by atoms with Crippen LogP contribution in [-0.2, 0) is 0 Å². The molecule has 0 atom stereocenters. The minimum Gasteiger partial charge on any atom is -0.356 e. The second kappa shape index (κ2) is 5.53. The van der Waals surface area contributed by atoms with E-state index in [9.17, 15) is 0 Å². The number of hydrogen-bond donors (Lipinski definition) is 1. The van der Waals surface area contributed by atoms with Crippen molar-refractivity contribution >= 4 is 43.5 Å². The Balaban J connectivity index is 1.46. The van der Waals surface area contributed by atoms with Gasteiger partial charge in [0.05, 0.1) is 11.6 Å². The van der Waals surface area contributed by atoms with Crippen molar-refractivity contribution in [2.24, 2.45) is 0 Å². The second-order valence-electron chi connectivity index (χ2n) is 6.62. The monoisotopic (exact) mass is 368 g/mol. The Bertz CT molecular complexity index is 1410. The molecule has 5 heteroatoms. The van der Waals surface area contributed by atoms with E-state index in [0.717, 1.165) is 27.9 Å². The Morgan fingerprint density at radius 2 is 1.85 bits per heavy atom.